The van der Waals surface area contributed by atoms with E-state index in [4.69, 9.17) is 0 Å². The summed E-state index contributed by atoms with van der Waals surface area (Å²) in [7, 11) is 0. The first-order valence-corrected chi connectivity index (χ1v) is 6.08. The summed E-state index contributed by atoms with van der Waals surface area (Å²) in [5, 5.41) is 16.5. The highest BCUT2D eigenvalue weighted by molar-refractivity contribution is 5.77. The molecule has 0 aromatic heterocycles. The lowest BCUT2D eigenvalue weighted by Gasteiger charge is -2.20. The van der Waals surface area contributed by atoms with Crippen LogP contribution in [0.5, 0.6) is 0 Å². The average molecular weight is 265 g/mol. The molecule has 6 nitrogen and oxygen atoms in total. The van der Waals surface area contributed by atoms with Gasteiger partial charge in [-0.3, -0.25) is 14.9 Å². The van der Waals surface area contributed by atoms with Gasteiger partial charge >= 0.3 is 0 Å². The van der Waals surface area contributed by atoms with E-state index in [9.17, 15) is 14.9 Å². The van der Waals surface area contributed by atoms with E-state index >= 15 is 0 Å². The van der Waals surface area contributed by atoms with Crippen molar-refractivity contribution < 1.29 is 9.72 Å². The Morgan fingerprint density at radius 1 is 1.32 bits per heavy atom. The van der Waals surface area contributed by atoms with Crippen LogP contribution in [0, 0.1) is 10.1 Å². The maximum Gasteiger partial charge on any atom is 0.292 e. The minimum atomic E-state index is -0.447. The molecule has 1 aromatic rings. The van der Waals surface area contributed by atoms with E-state index in [0.29, 0.717) is 12.2 Å². The summed E-state index contributed by atoms with van der Waals surface area (Å²) in [6, 6.07) is 6.37. The number of carbonyl (C=O) groups is 1. The zero-order chi connectivity index (χ0) is 14.5. The molecule has 0 spiro atoms. The largest absolute Gasteiger partial charge is 0.379 e. The Labute approximate surface area is 112 Å². The summed E-state index contributed by atoms with van der Waals surface area (Å²) in [5.41, 5.74) is 0.172. The van der Waals surface area contributed by atoms with Crippen molar-refractivity contribution in [3.05, 3.63) is 34.4 Å². The highest BCUT2D eigenvalue weighted by atomic mass is 16.6. The van der Waals surface area contributed by atoms with Gasteiger partial charge in [-0.1, -0.05) is 12.1 Å². The van der Waals surface area contributed by atoms with Crippen molar-refractivity contribution in [2.45, 2.75) is 32.7 Å². The van der Waals surface area contributed by atoms with Gasteiger partial charge in [0, 0.05) is 24.6 Å². The smallest absolute Gasteiger partial charge is 0.292 e. The molecule has 0 aliphatic heterocycles. The van der Waals surface area contributed by atoms with Gasteiger partial charge in [0.25, 0.3) is 5.69 Å². The Morgan fingerprint density at radius 3 is 2.53 bits per heavy atom. The Balaban J connectivity index is 2.50. The zero-order valence-electron chi connectivity index (χ0n) is 11.4. The van der Waals surface area contributed by atoms with Crippen molar-refractivity contribution in [1.82, 2.24) is 5.32 Å². The van der Waals surface area contributed by atoms with Crippen LogP contribution in [0.15, 0.2) is 24.3 Å². The SMILES string of the molecule is CC(C)(C)NC(=O)CCNc1ccccc1[N+](=O)[O-]. The third-order valence-electron chi connectivity index (χ3n) is 2.28. The van der Waals surface area contributed by atoms with Crippen molar-refractivity contribution in [2.24, 2.45) is 0 Å². The zero-order valence-corrected chi connectivity index (χ0v) is 11.4. The predicted molar refractivity (Wildman–Crippen MR) is 74.1 cm³/mol. The molecular formula is C13H19N3O3. The lowest BCUT2D eigenvalue weighted by Crippen LogP contribution is -2.41. The lowest BCUT2D eigenvalue weighted by atomic mass is 10.1. The third kappa shape index (κ3) is 5.37. The molecule has 0 saturated heterocycles. The molecular weight excluding hydrogens is 246 g/mol. The number of amides is 1. The van der Waals surface area contributed by atoms with Gasteiger partial charge in [0.2, 0.25) is 5.91 Å². The first kappa shape index (κ1) is 14.9. The molecule has 0 bridgehead atoms. The van der Waals surface area contributed by atoms with Crippen LogP contribution in [0.2, 0.25) is 0 Å². The maximum atomic E-state index is 11.6. The number of nitrogens with one attached hydrogen (secondary N) is 2. The molecule has 0 atom stereocenters. The number of rotatable bonds is 5. The van der Waals surface area contributed by atoms with Crippen molar-refractivity contribution in [1.29, 1.82) is 0 Å². The number of hydrogen-bond donors (Lipinski definition) is 2. The number of carbonyl (C=O) groups excluding carboxylic acids is 1. The normalized spacial score (nSPS) is 10.9. The molecule has 104 valence electrons. The molecule has 1 amide bonds. The third-order valence-corrected chi connectivity index (χ3v) is 2.28. The number of hydrogen-bond acceptors (Lipinski definition) is 4. The van der Waals surface area contributed by atoms with E-state index in [1.54, 1.807) is 18.2 Å². The standard InChI is InChI=1S/C13H19N3O3/c1-13(2,3)15-12(17)8-9-14-10-6-4-5-7-11(10)16(18)19/h4-7,14H,8-9H2,1-3H3,(H,15,17). The van der Waals surface area contributed by atoms with E-state index in [1.165, 1.54) is 6.07 Å². The number of nitro benzene ring substituents is 1. The molecule has 0 heterocycles. The van der Waals surface area contributed by atoms with Gasteiger partial charge in [-0.25, -0.2) is 0 Å². The van der Waals surface area contributed by atoms with Crippen LogP contribution in [-0.4, -0.2) is 22.9 Å². The molecule has 1 rings (SSSR count). The summed E-state index contributed by atoms with van der Waals surface area (Å²) in [6.07, 6.45) is 0.267. The molecule has 0 fully saturated rings. The summed E-state index contributed by atoms with van der Waals surface area (Å²) >= 11 is 0. The number of benzene rings is 1. The summed E-state index contributed by atoms with van der Waals surface area (Å²) in [5.74, 6) is -0.0846. The second-order valence-corrected chi connectivity index (χ2v) is 5.25. The van der Waals surface area contributed by atoms with E-state index in [1.807, 2.05) is 20.8 Å². The molecule has 19 heavy (non-hydrogen) atoms. The predicted octanol–water partition coefficient (Wildman–Crippen LogP) is 2.31. The average Bonchev–Trinajstić information content (AvgIpc) is 2.27. The fourth-order valence-corrected chi connectivity index (χ4v) is 1.57. The van der Waals surface area contributed by atoms with Crippen LogP contribution in [0.3, 0.4) is 0 Å². The summed E-state index contributed by atoms with van der Waals surface area (Å²) in [6.45, 7) is 6.06. The van der Waals surface area contributed by atoms with Gasteiger partial charge in [0.05, 0.1) is 4.92 Å². The molecule has 1 aromatic carbocycles. The van der Waals surface area contributed by atoms with Crippen LogP contribution in [0.25, 0.3) is 0 Å². The van der Waals surface area contributed by atoms with Gasteiger partial charge in [-0.05, 0) is 26.8 Å². The van der Waals surface area contributed by atoms with Crippen molar-refractivity contribution in [3.63, 3.8) is 0 Å². The summed E-state index contributed by atoms with van der Waals surface area (Å²) in [4.78, 5) is 21.9. The molecule has 6 heteroatoms. The minimum Gasteiger partial charge on any atom is -0.379 e. The molecule has 0 aliphatic rings. The van der Waals surface area contributed by atoms with Crippen LogP contribution in [0.1, 0.15) is 27.2 Å². The van der Waals surface area contributed by atoms with Crippen LogP contribution in [-0.2, 0) is 4.79 Å². The maximum absolute atomic E-state index is 11.6. The first-order valence-electron chi connectivity index (χ1n) is 6.08. The first-order chi connectivity index (χ1) is 8.79. The Hall–Kier alpha value is -2.11. The minimum absolute atomic E-state index is 0.0127. The highest BCUT2D eigenvalue weighted by Gasteiger charge is 2.14. The van der Waals surface area contributed by atoms with Gasteiger partial charge in [-0.2, -0.15) is 0 Å². The van der Waals surface area contributed by atoms with Gasteiger partial charge < -0.3 is 10.6 Å². The molecule has 0 aliphatic carbocycles. The van der Waals surface area contributed by atoms with Crippen molar-refractivity contribution in [2.75, 3.05) is 11.9 Å². The Morgan fingerprint density at radius 2 is 1.95 bits per heavy atom. The van der Waals surface area contributed by atoms with Crippen molar-refractivity contribution >= 4 is 17.3 Å². The van der Waals surface area contributed by atoms with Crippen LogP contribution in [0.4, 0.5) is 11.4 Å². The Bertz CT molecular complexity index is 466. The summed E-state index contributed by atoms with van der Waals surface area (Å²) < 4.78 is 0. The van der Waals surface area contributed by atoms with E-state index in [-0.39, 0.29) is 23.6 Å². The van der Waals surface area contributed by atoms with E-state index in [2.05, 4.69) is 10.6 Å². The monoisotopic (exact) mass is 265 g/mol. The van der Waals surface area contributed by atoms with Crippen molar-refractivity contribution in [3.8, 4) is 0 Å². The van der Waals surface area contributed by atoms with Crippen LogP contribution >= 0.6 is 0 Å². The second-order valence-electron chi connectivity index (χ2n) is 5.25. The quantitative estimate of drug-likeness (QED) is 0.632. The Kier molecular flexibility index (Phi) is 4.86. The fraction of sp³-hybridized carbons (Fsp3) is 0.462. The lowest BCUT2D eigenvalue weighted by molar-refractivity contribution is -0.384. The number of anilines is 1. The molecule has 0 radical (unpaired) electrons. The van der Waals surface area contributed by atoms with Gasteiger partial charge in [0.15, 0.2) is 0 Å². The topological polar surface area (TPSA) is 84.3 Å². The number of nitro groups is 1. The van der Waals surface area contributed by atoms with Gasteiger partial charge in [-0.15, -0.1) is 0 Å². The molecule has 0 saturated carbocycles. The number of nitrogens with zero attached hydrogens (tertiary/aromatic N) is 1. The molecule has 2 N–H and O–H groups in total. The van der Waals surface area contributed by atoms with E-state index < -0.39 is 4.92 Å². The molecule has 0 unspecified atom stereocenters. The fourth-order valence-electron chi connectivity index (χ4n) is 1.57. The second kappa shape index (κ2) is 6.17. The number of para-hydroxylation sites is 2. The van der Waals surface area contributed by atoms with Crippen LogP contribution < -0.4 is 10.6 Å². The van der Waals surface area contributed by atoms with Gasteiger partial charge in [0.1, 0.15) is 5.69 Å². The highest BCUT2D eigenvalue weighted by Crippen LogP contribution is 2.22. The van der Waals surface area contributed by atoms with E-state index in [0.717, 1.165) is 0 Å².